The quantitative estimate of drug-likeness (QED) is 0.851. The Morgan fingerprint density at radius 3 is 2.32 bits per heavy atom. The van der Waals surface area contributed by atoms with E-state index in [4.69, 9.17) is 11.6 Å². The van der Waals surface area contributed by atoms with Gasteiger partial charge in [-0.05, 0) is 23.6 Å². The van der Waals surface area contributed by atoms with Gasteiger partial charge < -0.3 is 10.6 Å². The van der Waals surface area contributed by atoms with Crippen LogP contribution in [0.3, 0.4) is 0 Å². The van der Waals surface area contributed by atoms with E-state index in [0.717, 1.165) is 5.56 Å². The molecule has 2 N–H and O–H groups in total. The summed E-state index contributed by atoms with van der Waals surface area (Å²) in [5.41, 5.74) is 1.52. The van der Waals surface area contributed by atoms with Gasteiger partial charge in [0.05, 0.1) is 10.7 Å². The third-order valence-electron chi connectivity index (χ3n) is 3.27. The zero-order valence-corrected chi connectivity index (χ0v) is 12.9. The largest absolute Gasteiger partial charge is 0.347 e. The first-order valence-electron chi connectivity index (χ1n) is 6.96. The van der Waals surface area contributed by atoms with Crippen LogP contribution < -0.4 is 10.6 Å². The summed E-state index contributed by atoms with van der Waals surface area (Å²) >= 11 is 5.93. The van der Waals surface area contributed by atoms with E-state index in [1.807, 2.05) is 37.3 Å². The van der Waals surface area contributed by atoms with Gasteiger partial charge in [-0.25, -0.2) is 0 Å². The third kappa shape index (κ3) is 4.33. The van der Waals surface area contributed by atoms with Crippen LogP contribution in [0.5, 0.6) is 0 Å². The zero-order valence-electron chi connectivity index (χ0n) is 12.2. The van der Waals surface area contributed by atoms with Gasteiger partial charge >= 0.3 is 11.8 Å². The Bertz CT molecular complexity index is 659. The van der Waals surface area contributed by atoms with Crippen LogP contribution >= 0.6 is 11.6 Å². The minimum absolute atomic E-state index is 0.123. The molecule has 0 aliphatic rings. The van der Waals surface area contributed by atoms with Crippen molar-refractivity contribution in [2.45, 2.75) is 12.8 Å². The normalized spacial score (nSPS) is 11.5. The van der Waals surface area contributed by atoms with Gasteiger partial charge in [-0.15, -0.1) is 0 Å². The molecule has 2 amide bonds. The average molecular weight is 317 g/mol. The van der Waals surface area contributed by atoms with Gasteiger partial charge in [-0.1, -0.05) is 61.0 Å². The first kappa shape index (κ1) is 16.0. The molecule has 0 unspecified atom stereocenters. The molecule has 0 aromatic heterocycles. The average Bonchev–Trinajstić information content (AvgIpc) is 2.55. The van der Waals surface area contributed by atoms with E-state index in [9.17, 15) is 9.59 Å². The number of halogens is 1. The smallest absolute Gasteiger partial charge is 0.313 e. The lowest BCUT2D eigenvalue weighted by atomic mass is 10.0. The van der Waals surface area contributed by atoms with Crippen molar-refractivity contribution in [2.24, 2.45) is 0 Å². The Kier molecular flexibility index (Phi) is 5.55. The standard InChI is InChI=1S/C17H17ClN2O2/c1-12(13-7-3-2-4-8-13)11-19-16(21)17(22)20-15-10-6-5-9-14(15)18/h2-10,12H,11H2,1H3,(H,19,21)(H,20,22)/t12-/m0/s1. The second-order valence-electron chi connectivity index (χ2n) is 4.96. The number of nitrogens with one attached hydrogen (secondary N) is 2. The van der Waals surface area contributed by atoms with Gasteiger partial charge in [0, 0.05) is 6.54 Å². The molecule has 0 fully saturated rings. The van der Waals surface area contributed by atoms with Gasteiger partial charge in [-0.3, -0.25) is 9.59 Å². The Hall–Kier alpha value is -2.33. The first-order valence-corrected chi connectivity index (χ1v) is 7.34. The summed E-state index contributed by atoms with van der Waals surface area (Å²) in [6.07, 6.45) is 0. The van der Waals surface area contributed by atoms with Crippen LogP contribution in [0.1, 0.15) is 18.4 Å². The number of amides is 2. The molecular weight excluding hydrogens is 300 g/mol. The Morgan fingerprint density at radius 2 is 1.64 bits per heavy atom. The SMILES string of the molecule is C[C@@H](CNC(=O)C(=O)Nc1ccccc1Cl)c1ccccc1. The highest BCUT2D eigenvalue weighted by Crippen LogP contribution is 2.20. The van der Waals surface area contributed by atoms with Gasteiger partial charge in [0.2, 0.25) is 0 Å². The molecular formula is C17H17ClN2O2. The summed E-state index contributed by atoms with van der Waals surface area (Å²) in [5, 5.41) is 5.51. The van der Waals surface area contributed by atoms with Gasteiger partial charge in [-0.2, -0.15) is 0 Å². The summed E-state index contributed by atoms with van der Waals surface area (Å²) in [4.78, 5) is 23.7. The van der Waals surface area contributed by atoms with Crippen LogP contribution in [0.25, 0.3) is 0 Å². The highest BCUT2D eigenvalue weighted by Gasteiger charge is 2.16. The molecule has 0 saturated carbocycles. The zero-order chi connectivity index (χ0) is 15.9. The molecule has 114 valence electrons. The van der Waals surface area contributed by atoms with Crippen LogP contribution in [0.15, 0.2) is 54.6 Å². The highest BCUT2D eigenvalue weighted by molar-refractivity contribution is 6.41. The van der Waals surface area contributed by atoms with E-state index in [-0.39, 0.29) is 5.92 Å². The number of para-hydroxylation sites is 1. The van der Waals surface area contributed by atoms with Crippen molar-refractivity contribution in [3.63, 3.8) is 0 Å². The minimum Gasteiger partial charge on any atom is -0.347 e. The summed E-state index contributed by atoms with van der Waals surface area (Å²) in [6.45, 7) is 2.38. The van der Waals surface area contributed by atoms with Crippen LogP contribution in [0, 0.1) is 0 Å². The molecule has 2 aromatic rings. The lowest BCUT2D eigenvalue weighted by Gasteiger charge is -2.13. The number of carbonyl (C=O) groups excluding carboxylic acids is 2. The molecule has 1 atom stereocenters. The summed E-state index contributed by atoms with van der Waals surface area (Å²) in [7, 11) is 0. The van der Waals surface area contributed by atoms with Gasteiger partial charge in [0.15, 0.2) is 0 Å². The van der Waals surface area contributed by atoms with Crippen molar-refractivity contribution in [1.82, 2.24) is 5.32 Å². The van der Waals surface area contributed by atoms with Crippen molar-refractivity contribution in [2.75, 3.05) is 11.9 Å². The molecule has 2 aromatic carbocycles. The number of rotatable bonds is 4. The summed E-state index contributed by atoms with van der Waals surface area (Å²) < 4.78 is 0. The lowest BCUT2D eigenvalue weighted by molar-refractivity contribution is -0.136. The molecule has 0 radical (unpaired) electrons. The fourth-order valence-corrected chi connectivity index (χ4v) is 2.15. The lowest BCUT2D eigenvalue weighted by Crippen LogP contribution is -2.37. The van der Waals surface area contributed by atoms with Crippen LogP contribution in [-0.4, -0.2) is 18.4 Å². The summed E-state index contributed by atoms with van der Waals surface area (Å²) in [5.74, 6) is -1.28. The van der Waals surface area contributed by atoms with Crippen LogP contribution in [0.4, 0.5) is 5.69 Å². The van der Waals surface area contributed by atoms with E-state index in [2.05, 4.69) is 10.6 Å². The number of hydrogen-bond acceptors (Lipinski definition) is 2. The third-order valence-corrected chi connectivity index (χ3v) is 3.60. The monoisotopic (exact) mass is 316 g/mol. The van der Waals surface area contributed by atoms with Crippen molar-refractivity contribution in [3.8, 4) is 0 Å². The molecule has 22 heavy (non-hydrogen) atoms. The molecule has 0 heterocycles. The second kappa shape index (κ2) is 7.61. The van der Waals surface area contributed by atoms with E-state index in [0.29, 0.717) is 17.3 Å². The first-order chi connectivity index (χ1) is 10.6. The predicted octanol–water partition coefficient (Wildman–Crippen LogP) is 3.20. The maximum atomic E-state index is 11.8. The minimum atomic E-state index is -0.728. The Morgan fingerprint density at radius 1 is 1.00 bits per heavy atom. The van der Waals surface area contributed by atoms with Crippen molar-refractivity contribution in [3.05, 3.63) is 65.2 Å². The highest BCUT2D eigenvalue weighted by atomic mass is 35.5. The maximum absolute atomic E-state index is 11.8. The van der Waals surface area contributed by atoms with Crippen molar-refractivity contribution < 1.29 is 9.59 Å². The van der Waals surface area contributed by atoms with E-state index >= 15 is 0 Å². The van der Waals surface area contributed by atoms with Crippen molar-refractivity contribution in [1.29, 1.82) is 0 Å². The van der Waals surface area contributed by atoms with Crippen LogP contribution in [-0.2, 0) is 9.59 Å². The van der Waals surface area contributed by atoms with Crippen molar-refractivity contribution >= 4 is 29.1 Å². The molecule has 0 aliphatic carbocycles. The maximum Gasteiger partial charge on any atom is 0.313 e. The fourth-order valence-electron chi connectivity index (χ4n) is 1.97. The number of hydrogen-bond donors (Lipinski definition) is 2. The Labute approximate surface area is 134 Å². The van der Waals surface area contributed by atoms with E-state index in [1.54, 1.807) is 24.3 Å². The van der Waals surface area contributed by atoms with Gasteiger partial charge in [0.1, 0.15) is 0 Å². The number of benzene rings is 2. The summed E-state index contributed by atoms with van der Waals surface area (Å²) in [6, 6.07) is 16.6. The van der Waals surface area contributed by atoms with E-state index in [1.165, 1.54) is 0 Å². The topological polar surface area (TPSA) is 58.2 Å². The van der Waals surface area contributed by atoms with Gasteiger partial charge in [0.25, 0.3) is 0 Å². The molecule has 2 rings (SSSR count). The number of anilines is 1. The molecule has 5 heteroatoms. The Balaban J connectivity index is 1.87. The molecule has 0 spiro atoms. The molecule has 0 aliphatic heterocycles. The second-order valence-corrected chi connectivity index (χ2v) is 5.36. The van der Waals surface area contributed by atoms with E-state index < -0.39 is 11.8 Å². The molecule has 0 saturated heterocycles. The molecule has 0 bridgehead atoms. The molecule has 4 nitrogen and oxygen atoms in total. The number of carbonyl (C=O) groups is 2. The fraction of sp³-hybridized carbons (Fsp3) is 0.176. The van der Waals surface area contributed by atoms with Crippen LogP contribution in [0.2, 0.25) is 5.02 Å². The predicted molar refractivity (Wildman–Crippen MR) is 87.9 cm³/mol.